The van der Waals surface area contributed by atoms with Crippen molar-refractivity contribution >= 4 is 17.7 Å². The molecule has 2 aliphatic heterocycles. The summed E-state index contributed by atoms with van der Waals surface area (Å²) in [6.07, 6.45) is -5.66. The highest BCUT2D eigenvalue weighted by atomic mass is 19.4. The lowest BCUT2D eigenvalue weighted by atomic mass is 9.86. The average molecular weight is 312 g/mol. The van der Waals surface area contributed by atoms with Crippen molar-refractivity contribution in [3.05, 3.63) is 35.4 Å². The number of hydrogen-bond donors (Lipinski definition) is 1. The molecular weight excluding hydrogens is 301 g/mol. The third-order valence-corrected chi connectivity index (χ3v) is 4.02. The van der Waals surface area contributed by atoms with Gasteiger partial charge in [-0.25, -0.2) is 4.90 Å². The Morgan fingerprint density at radius 1 is 1.05 bits per heavy atom. The van der Waals surface area contributed by atoms with Gasteiger partial charge in [0.15, 0.2) is 0 Å². The molecule has 116 valence electrons. The quantitative estimate of drug-likeness (QED) is 0.799. The van der Waals surface area contributed by atoms with Crippen molar-refractivity contribution < 1.29 is 27.6 Å². The Morgan fingerprint density at radius 3 is 2.05 bits per heavy atom. The molecule has 3 rings (SSSR count). The predicted octanol–water partition coefficient (Wildman–Crippen LogP) is 1.49. The maximum atomic E-state index is 13.7. The van der Waals surface area contributed by atoms with Crippen LogP contribution in [0.5, 0.6) is 0 Å². The van der Waals surface area contributed by atoms with Crippen LogP contribution >= 0.6 is 0 Å². The van der Waals surface area contributed by atoms with Crippen LogP contribution < -0.4 is 5.32 Å². The number of carbonyl (C=O) groups excluding carboxylic acids is 3. The van der Waals surface area contributed by atoms with Crippen LogP contribution in [0.15, 0.2) is 24.3 Å². The fraction of sp³-hybridized carbons (Fsp3) is 0.357. The van der Waals surface area contributed by atoms with Crippen LogP contribution in [0.1, 0.15) is 33.6 Å². The monoisotopic (exact) mass is 312 g/mol. The summed E-state index contributed by atoms with van der Waals surface area (Å²) >= 11 is 0. The topological polar surface area (TPSA) is 66.5 Å². The minimum Gasteiger partial charge on any atom is -0.354 e. The minimum atomic E-state index is -5.05. The molecule has 0 bridgehead atoms. The fourth-order valence-corrected chi connectivity index (χ4v) is 2.95. The van der Waals surface area contributed by atoms with Crippen molar-refractivity contribution in [3.8, 4) is 0 Å². The Bertz CT molecular complexity index is 651. The smallest absolute Gasteiger partial charge is 0.354 e. The summed E-state index contributed by atoms with van der Waals surface area (Å²) in [6.45, 7) is 0.0832. The molecule has 0 radical (unpaired) electrons. The van der Waals surface area contributed by atoms with Crippen molar-refractivity contribution in [2.75, 3.05) is 6.54 Å². The molecule has 3 amide bonds. The highest BCUT2D eigenvalue weighted by molar-refractivity contribution is 6.23. The largest absolute Gasteiger partial charge is 0.421 e. The van der Waals surface area contributed by atoms with E-state index in [-0.39, 0.29) is 29.0 Å². The summed E-state index contributed by atoms with van der Waals surface area (Å²) in [5, 5.41) is 2.12. The molecule has 0 aromatic heterocycles. The number of rotatable bonds is 1. The van der Waals surface area contributed by atoms with Crippen molar-refractivity contribution in [1.82, 2.24) is 10.2 Å². The van der Waals surface area contributed by atoms with Gasteiger partial charge >= 0.3 is 6.18 Å². The molecule has 1 atom stereocenters. The molecule has 0 spiro atoms. The number of halogens is 3. The van der Waals surface area contributed by atoms with E-state index in [9.17, 15) is 27.6 Å². The van der Waals surface area contributed by atoms with Gasteiger partial charge < -0.3 is 5.32 Å². The molecule has 0 saturated carbocycles. The van der Waals surface area contributed by atoms with E-state index in [1.54, 1.807) is 0 Å². The highest BCUT2D eigenvalue weighted by Crippen LogP contribution is 2.44. The summed E-state index contributed by atoms with van der Waals surface area (Å²) in [4.78, 5) is 36.7. The Hall–Kier alpha value is -2.38. The molecule has 0 aliphatic carbocycles. The second-order valence-corrected chi connectivity index (χ2v) is 5.21. The first kappa shape index (κ1) is 14.6. The molecule has 5 nitrogen and oxygen atoms in total. The van der Waals surface area contributed by atoms with E-state index in [1.165, 1.54) is 24.3 Å². The number of alkyl halides is 3. The lowest BCUT2D eigenvalue weighted by Crippen LogP contribution is -2.70. The molecule has 1 aromatic rings. The van der Waals surface area contributed by atoms with Gasteiger partial charge in [0.1, 0.15) is 0 Å². The normalized spacial score (nSPS) is 25.2. The Labute approximate surface area is 123 Å². The molecule has 1 N–H and O–H groups in total. The predicted molar refractivity (Wildman–Crippen MR) is 68.0 cm³/mol. The van der Waals surface area contributed by atoms with E-state index in [2.05, 4.69) is 5.32 Å². The first-order chi connectivity index (χ1) is 10.3. The van der Waals surface area contributed by atoms with Gasteiger partial charge in [-0.05, 0) is 25.0 Å². The van der Waals surface area contributed by atoms with Gasteiger partial charge in [0, 0.05) is 6.54 Å². The van der Waals surface area contributed by atoms with Gasteiger partial charge in [0.05, 0.1) is 11.1 Å². The third-order valence-electron chi connectivity index (χ3n) is 4.02. The summed E-state index contributed by atoms with van der Waals surface area (Å²) in [5.41, 5.74) is -3.37. The van der Waals surface area contributed by atoms with Gasteiger partial charge in [-0.15, -0.1) is 0 Å². The van der Waals surface area contributed by atoms with Crippen molar-refractivity contribution in [2.45, 2.75) is 24.6 Å². The van der Waals surface area contributed by atoms with Gasteiger partial charge in [0.2, 0.25) is 5.54 Å². The van der Waals surface area contributed by atoms with E-state index in [0.29, 0.717) is 0 Å². The van der Waals surface area contributed by atoms with Gasteiger partial charge in [-0.3, -0.25) is 14.4 Å². The second kappa shape index (κ2) is 4.56. The first-order valence-electron chi connectivity index (χ1n) is 6.63. The van der Waals surface area contributed by atoms with Crippen molar-refractivity contribution in [1.29, 1.82) is 0 Å². The number of nitrogens with zero attached hydrogens (tertiary/aromatic N) is 1. The van der Waals surface area contributed by atoms with Crippen LogP contribution in [0.25, 0.3) is 0 Å². The van der Waals surface area contributed by atoms with Gasteiger partial charge in [-0.2, -0.15) is 13.2 Å². The number of fused-ring (bicyclic) bond motifs is 1. The Balaban J connectivity index is 2.18. The van der Waals surface area contributed by atoms with Crippen molar-refractivity contribution in [3.63, 3.8) is 0 Å². The van der Waals surface area contributed by atoms with Crippen molar-refractivity contribution in [2.24, 2.45) is 0 Å². The molecular formula is C14H11F3N2O3. The number of imide groups is 1. The number of hydrogen-bond acceptors (Lipinski definition) is 3. The number of benzene rings is 1. The Kier molecular flexibility index (Phi) is 3.01. The SMILES string of the molecule is O=C1c2ccccc2C(=O)N1C1(C(F)(F)F)CCCNC1=O. The first-order valence-corrected chi connectivity index (χ1v) is 6.63. The number of amides is 3. The average Bonchev–Trinajstić information content (AvgIpc) is 2.72. The standard InChI is InChI=1S/C14H11F3N2O3/c15-14(16,17)13(6-3-7-18-12(13)22)19-10(20)8-4-1-2-5-9(8)11(19)21/h1-2,4-5H,3,6-7H2,(H,18,22). The second-order valence-electron chi connectivity index (χ2n) is 5.21. The number of piperidine rings is 1. The maximum absolute atomic E-state index is 13.7. The molecule has 22 heavy (non-hydrogen) atoms. The highest BCUT2D eigenvalue weighted by Gasteiger charge is 2.68. The summed E-state index contributed by atoms with van der Waals surface area (Å²) in [6, 6.07) is 5.46. The third kappa shape index (κ3) is 1.69. The minimum absolute atomic E-state index is 0.0264. The zero-order valence-electron chi connectivity index (χ0n) is 11.2. The van der Waals surface area contributed by atoms with Crippen LogP contribution in [-0.2, 0) is 4.79 Å². The summed E-state index contributed by atoms with van der Waals surface area (Å²) < 4.78 is 41.0. The molecule has 2 aliphatic rings. The van der Waals surface area contributed by atoms with Gasteiger partial charge in [0.25, 0.3) is 17.7 Å². The van der Waals surface area contributed by atoms with E-state index >= 15 is 0 Å². The zero-order valence-corrected chi connectivity index (χ0v) is 11.2. The van der Waals surface area contributed by atoms with E-state index in [4.69, 9.17) is 0 Å². The number of nitrogens with one attached hydrogen (secondary N) is 1. The van der Waals surface area contributed by atoms with Gasteiger partial charge in [-0.1, -0.05) is 12.1 Å². The lowest BCUT2D eigenvalue weighted by Gasteiger charge is -2.42. The molecule has 1 saturated heterocycles. The van der Waals surface area contributed by atoms with Crippen LogP contribution in [-0.4, -0.2) is 40.9 Å². The fourth-order valence-electron chi connectivity index (χ4n) is 2.95. The van der Waals surface area contributed by atoms with E-state index < -0.39 is 35.9 Å². The molecule has 1 aromatic carbocycles. The zero-order chi connectivity index (χ0) is 16.1. The summed E-state index contributed by atoms with van der Waals surface area (Å²) in [5.74, 6) is -3.54. The van der Waals surface area contributed by atoms with E-state index in [0.717, 1.165) is 0 Å². The van der Waals surface area contributed by atoms with Crippen LogP contribution in [0.2, 0.25) is 0 Å². The maximum Gasteiger partial charge on any atom is 0.421 e. The molecule has 2 heterocycles. The van der Waals surface area contributed by atoms with E-state index in [1.807, 2.05) is 0 Å². The Morgan fingerprint density at radius 2 is 1.59 bits per heavy atom. The van der Waals surface area contributed by atoms with Crippen LogP contribution in [0.3, 0.4) is 0 Å². The lowest BCUT2D eigenvalue weighted by molar-refractivity contribution is -0.220. The summed E-state index contributed by atoms with van der Waals surface area (Å²) in [7, 11) is 0. The van der Waals surface area contributed by atoms with Crippen LogP contribution in [0, 0.1) is 0 Å². The number of carbonyl (C=O) groups is 3. The van der Waals surface area contributed by atoms with Crippen LogP contribution in [0.4, 0.5) is 13.2 Å². The molecule has 1 fully saturated rings. The molecule has 8 heteroatoms. The molecule has 1 unspecified atom stereocenters.